The van der Waals surface area contributed by atoms with Crippen LogP contribution in [0.1, 0.15) is 26.7 Å². The predicted molar refractivity (Wildman–Crippen MR) is 111 cm³/mol. The largest absolute Gasteiger partial charge is 0.353 e. The maximum absolute atomic E-state index is 13.1. The number of amides is 1. The van der Waals surface area contributed by atoms with Gasteiger partial charge in [0.05, 0.1) is 22.3 Å². The highest BCUT2D eigenvalue weighted by Gasteiger charge is 2.15. The molecular weight excluding hydrogens is 358 g/mol. The second kappa shape index (κ2) is 8.86. The number of carbonyl (C=O) groups excluding carboxylic acids is 1. The summed E-state index contributed by atoms with van der Waals surface area (Å²) in [7, 11) is 0. The minimum absolute atomic E-state index is 0.0456. The molecule has 6 heteroatoms. The zero-order valence-electron chi connectivity index (χ0n) is 15.5. The van der Waals surface area contributed by atoms with E-state index in [0.717, 1.165) is 18.5 Å². The van der Waals surface area contributed by atoms with E-state index in [-0.39, 0.29) is 23.3 Å². The Balaban J connectivity index is 1.96. The van der Waals surface area contributed by atoms with Crippen LogP contribution >= 0.6 is 11.8 Å². The second-order valence-corrected chi connectivity index (χ2v) is 7.20. The molecule has 0 aliphatic carbocycles. The van der Waals surface area contributed by atoms with Gasteiger partial charge in [-0.15, -0.1) is 0 Å². The first-order chi connectivity index (χ1) is 13.1. The monoisotopic (exact) mass is 381 g/mol. The Kier molecular flexibility index (Phi) is 6.29. The summed E-state index contributed by atoms with van der Waals surface area (Å²) >= 11 is 1.28. The van der Waals surface area contributed by atoms with Crippen LogP contribution in [-0.4, -0.2) is 27.3 Å². The topological polar surface area (TPSA) is 64.0 Å². The molecule has 0 saturated heterocycles. The summed E-state index contributed by atoms with van der Waals surface area (Å²) < 4.78 is 1.58. The van der Waals surface area contributed by atoms with Crippen LogP contribution in [0.4, 0.5) is 0 Å². The van der Waals surface area contributed by atoms with E-state index < -0.39 is 0 Å². The van der Waals surface area contributed by atoms with Gasteiger partial charge in [0.15, 0.2) is 5.16 Å². The molecule has 0 spiro atoms. The number of aromatic nitrogens is 2. The fraction of sp³-hybridized carbons (Fsp3) is 0.286. The molecule has 1 amide bonds. The van der Waals surface area contributed by atoms with Crippen molar-refractivity contribution >= 4 is 28.6 Å². The molecule has 3 rings (SSSR count). The molecule has 0 aliphatic rings. The van der Waals surface area contributed by atoms with Crippen LogP contribution in [0, 0.1) is 0 Å². The Morgan fingerprint density at radius 1 is 1.07 bits per heavy atom. The minimum Gasteiger partial charge on any atom is -0.353 e. The average Bonchev–Trinajstić information content (AvgIpc) is 2.71. The number of carbonyl (C=O) groups is 1. The molecular formula is C21H23N3O2S. The summed E-state index contributed by atoms with van der Waals surface area (Å²) in [6, 6.07) is 16.9. The summed E-state index contributed by atoms with van der Waals surface area (Å²) in [4.78, 5) is 30.0. The van der Waals surface area contributed by atoms with Crippen molar-refractivity contribution in [2.45, 2.75) is 37.9 Å². The number of hydrogen-bond donors (Lipinski definition) is 1. The van der Waals surface area contributed by atoms with Crippen LogP contribution in [0.15, 0.2) is 64.5 Å². The molecule has 2 aromatic carbocycles. The highest BCUT2D eigenvalue weighted by Crippen LogP contribution is 2.21. The van der Waals surface area contributed by atoms with Gasteiger partial charge in [-0.25, -0.2) is 4.98 Å². The molecule has 0 unspecified atom stereocenters. The molecule has 140 valence electrons. The molecule has 0 saturated carbocycles. The first-order valence-corrected chi connectivity index (χ1v) is 10.1. The van der Waals surface area contributed by atoms with Crippen LogP contribution in [0.3, 0.4) is 0 Å². The van der Waals surface area contributed by atoms with Gasteiger partial charge in [0.1, 0.15) is 0 Å². The van der Waals surface area contributed by atoms with E-state index in [1.54, 1.807) is 10.6 Å². The van der Waals surface area contributed by atoms with Gasteiger partial charge in [0.25, 0.3) is 5.56 Å². The molecule has 5 nitrogen and oxygen atoms in total. The Morgan fingerprint density at radius 2 is 1.74 bits per heavy atom. The molecule has 0 fully saturated rings. The summed E-state index contributed by atoms with van der Waals surface area (Å²) in [5.74, 6) is 0.171. The number of fused-ring (bicyclic) bond motifs is 1. The highest BCUT2D eigenvalue weighted by atomic mass is 32.2. The summed E-state index contributed by atoms with van der Waals surface area (Å²) in [5, 5.41) is 4.10. The lowest BCUT2D eigenvalue weighted by molar-refractivity contribution is -0.119. The van der Waals surface area contributed by atoms with E-state index in [2.05, 4.69) is 24.1 Å². The van der Waals surface area contributed by atoms with E-state index in [4.69, 9.17) is 0 Å². The fourth-order valence-corrected chi connectivity index (χ4v) is 3.73. The molecule has 0 aliphatic heterocycles. The van der Waals surface area contributed by atoms with Gasteiger partial charge in [-0.1, -0.05) is 55.9 Å². The van der Waals surface area contributed by atoms with Crippen molar-refractivity contribution < 1.29 is 4.79 Å². The van der Waals surface area contributed by atoms with Crippen molar-refractivity contribution in [2.24, 2.45) is 0 Å². The summed E-state index contributed by atoms with van der Waals surface area (Å²) in [6.45, 7) is 4.11. The lowest BCUT2D eigenvalue weighted by Crippen LogP contribution is -2.35. The number of para-hydroxylation sites is 2. The molecule has 1 N–H and O–H groups in total. The molecule has 3 aromatic rings. The zero-order valence-corrected chi connectivity index (χ0v) is 16.3. The van der Waals surface area contributed by atoms with Crippen LogP contribution in [0.5, 0.6) is 0 Å². The van der Waals surface area contributed by atoms with Crippen LogP contribution in [0.25, 0.3) is 16.6 Å². The maximum atomic E-state index is 13.1. The molecule has 27 heavy (non-hydrogen) atoms. The van der Waals surface area contributed by atoms with Gasteiger partial charge in [-0.3, -0.25) is 14.2 Å². The van der Waals surface area contributed by atoms with Gasteiger partial charge < -0.3 is 5.32 Å². The van der Waals surface area contributed by atoms with Crippen LogP contribution in [0.2, 0.25) is 0 Å². The Hall–Kier alpha value is -2.60. The van der Waals surface area contributed by atoms with Gasteiger partial charge in [-0.05, 0) is 37.1 Å². The number of benzene rings is 2. The first-order valence-electron chi connectivity index (χ1n) is 9.13. The fourth-order valence-electron chi connectivity index (χ4n) is 2.91. The van der Waals surface area contributed by atoms with Crippen molar-refractivity contribution in [3.05, 3.63) is 65.0 Å². The molecule has 0 radical (unpaired) electrons. The molecule has 0 bridgehead atoms. The van der Waals surface area contributed by atoms with E-state index in [1.807, 2.05) is 48.5 Å². The minimum atomic E-state index is -0.130. The van der Waals surface area contributed by atoms with Crippen molar-refractivity contribution in [3.8, 4) is 5.69 Å². The van der Waals surface area contributed by atoms with Crippen LogP contribution in [-0.2, 0) is 4.79 Å². The number of nitrogens with zero attached hydrogens (tertiary/aromatic N) is 2. The lowest BCUT2D eigenvalue weighted by atomic mass is 10.2. The Morgan fingerprint density at radius 3 is 2.44 bits per heavy atom. The molecule has 0 atom stereocenters. The second-order valence-electron chi connectivity index (χ2n) is 6.26. The third kappa shape index (κ3) is 4.39. The maximum Gasteiger partial charge on any atom is 0.266 e. The van der Waals surface area contributed by atoms with Crippen molar-refractivity contribution in [1.29, 1.82) is 0 Å². The zero-order chi connectivity index (χ0) is 19.2. The van der Waals surface area contributed by atoms with E-state index >= 15 is 0 Å². The van der Waals surface area contributed by atoms with Crippen molar-refractivity contribution in [3.63, 3.8) is 0 Å². The third-order valence-corrected chi connectivity index (χ3v) is 5.38. The lowest BCUT2D eigenvalue weighted by Gasteiger charge is -2.16. The van der Waals surface area contributed by atoms with E-state index in [9.17, 15) is 9.59 Å². The van der Waals surface area contributed by atoms with Crippen molar-refractivity contribution in [1.82, 2.24) is 14.9 Å². The predicted octanol–water partition coefficient (Wildman–Crippen LogP) is 3.78. The number of hydrogen-bond acceptors (Lipinski definition) is 4. The first kappa shape index (κ1) is 19.2. The highest BCUT2D eigenvalue weighted by molar-refractivity contribution is 7.99. The number of thioether (sulfide) groups is 1. The third-order valence-electron chi connectivity index (χ3n) is 4.44. The number of rotatable bonds is 7. The van der Waals surface area contributed by atoms with Crippen LogP contribution < -0.4 is 10.9 Å². The van der Waals surface area contributed by atoms with Gasteiger partial charge in [-0.2, -0.15) is 0 Å². The normalized spacial score (nSPS) is 11.1. The molecule has 1 heterocycles. The summed E-state index contributed by atoms with van der Waals surface area (Å²) in [5.41, 5.74) is 1.25. The quantitative estimate of drug-likeness (QED) is 0.500. The SMILES string of the molecule is CCC(CC)NC(=O)CSc1nc2ccccc2c(=O)n1-c1ccccc1. The summed E-state index contributed by atoms with van der Waals surface area (Å²) in [6.07, 6.45) is 1.80. The molecule has 1 aromatic heterocycles. The van der Waals surface area contributed by atoms with Gasteiger partial charge in [0.2, 0.25) is 5.91 Å². The standard InChI is InChI=1S/C21H23N3O2S/c1-3-15(4-2)22-19(25)14-27-21-23-18-13-9-8-12-17(18)20(26)24(21)16-10-6-5-7-11-16/h5-13,15H,3-4,14H2,1-2H3,(H,22,25). The smallest absolute Gasteiger partial charge is 0.266 e. The van der Waals surface area contributed by atoms with E-state index in [0.29, 0.717) is 16.1 Å². The number of nitrogens with one attached hydrogen (secondary N) is 1. The Bertz CT molecular complexity index is 982. The van der Waals surface area contributed by atoms with Gasteiger partial charge in [0, 0.05) is 6.04 Å². The van der Waals surface area contributed by atoms with E-state index in [1.165, 1.54) is 11.8 Å². The van der Waals surface area contributed by atoms with Crippen molar-refractivity contribution in [2.75, 3.05) is 5.75 Å². The Labute approximate surface area is 162 Å². The van der Waals surface area contributed by atoms with Gasteiger partial charge >= 0.3 is 0 Å². The average molecular weight is 382 g/mol.